The van der Waals surface area contributed by atoms with Gasteiger partial charge in [-0.25, -0.2) is 13.9 Å². The lowest BCUT2D eigenvalue weighted by molar-refractivity contribution is -0.137. The molecule has 17 nitrogen and oxygen atoms in total. The zero-order valence-electron chi connectivity index (χ0n) is 41.0. The fraction of sp³-hybridized carbons (Fsp3) is 0.490. The number of ether oxygens (including phenoxy) is 4. The molecule has 3 aliphatic rings. The number of rotatable bonds is 29. The number of urea groups is 1. The highest BCUT2D eigenvalue weighted by Crippen LogP contribution is 2.44. The molecule has 0 spiro atoms. The monoisotopic (exact) mass is 1040 g/mol. The van der Waals surface area contributed by atoms with Crippen LogP contribution in [0.15, 0.2) is 90.8 Å². The number of hydrogen-bond acceptors (Lipinski definition) is 11. The van der Waals surface area contributed by atoms with E-state index in [1.807, 2.05) is 11.8 Å². The van der Waals surface area contributed by atoms with Crippen molar-refractivity contribution < 1.29 is 60.5 Å². The second kappa shape index (κ2) is 27.8. The van der Waals surface area contributed by atoms with Gasteiger partial charge in [0.25, 0.3) is 11.8 Å². The SMILES string of the molecule is C=C(/C=C\C(F)=C/C)[C@H]1c2c(CNC(=O)CCOCCOCCOCCOCCNC(=O)CCCCC3SCC4NC(=O)NC43)nn(-c3ccccc3)c2N(CC)C(=O)[C@H]1NC(=O)c1cccc(C(F)(F)F)c1. The summed E-state index contributed by atoms with van der Waals surface area (Å²) in [7, 11) is 0. The molecule has 1 aromatic heterocycles. The lowest BCUT2D eigenvalue weighted by atomic mass is 9.80. The van der Waals surface area contributed by atoms with E-state index < -0.39 is 41.3 Å². The summed E-state index contributed by atoms with van der Waals surface area (Å²) in [5.41, 5.74) is 0.0435. The summed E-state index contributed by atoms with van der Waals surface area (Å²) in [5.74, 6) is -2.45. The highest BCUT2D eigenvalue weighted by atomic mass is 32.2. The molecule has 2 aromatic carbocycles. The fourth-order valence-corrected chi connectivity index (χ4v) is 10.2. The predicted molar refractivity (Wildman–Crippen MR) is 267 cm³/mol. The van der Waals surface area contributed by atoms with Gasteiger partial charge in [-0.3, -0.25) is 24.1 Å². The number of nitrogens with one attached hydrogen (secondary N) is 5. The van der Waals surface area contributed by atoms with Crippen LogP contribution in [-0.2, 0) is 46.1 Å². The van der Waals surface area contributed by atoms with Gasteiger partial charge in [-0.15, -0.1) is 0 Å². The Hall–Kier alpha value is -6.07. The van der Waals surface area contributed by atoms with Crippen molar-refractivity contribution in [2.24, 2.45) is 0 Å². The van der Waals surface area contributed by atoms with Crippen molar-refractivity contribution in [1.82, 2.24) is 36.4 Å². The zero-order valence-corrected chi connectivity index (χ0v) is 41.8. The molecule has 0 aliphatic carbocycles. The first-order valence-corrected chi connectivity index (χ1v) is 25.4. The Morgan fingerprint density at radius 3 is 2.25 bits per heavy atom. The number of nitrogens with zero attached hydrogens (tertiary/aromatic N) is 3. The molecule has 396 valence electrons. The lowest BCUT2D eigenvalue weighted by Crippen LogP contribution is -2.55. The molecule has 3 unspecified atom stereocenters. The molecule has 2 saturated heterocycles. The minimum absolute atomic E-state index is 0.0139. The fourth-order valence-electron chi connectivity index (χ4n) is 8.63. The van der Waals surface area contributed by atoms with Crippen molar-refractivity contribution in [1.29, 1.82) is 0 Å². The van der Waals surface area contributed by atoms with Crippen LogP contribution >= 0.6 is 11.8 Å². The Morgan fingerprint density at radius 1 is 0.877 bits per heavy atom. The van der Waals surface area contributed by atoms with Gasteiger partial charge in [0.2, 0.25) is 11.8 Å². The molecule has 22 heteroatoms. The largest absolute Gasteiger partial charge is 0.416 e. The van der Waals surface area contributed by atoms with Crippen molar-refractivity contribution in [2.75, 3.05) is 76.6 Å². The molecule has 2 fully saturated rings. The molecule has 73 heavy (non-hydrogen) atoms. The van der Waals surface area contributed by atoms with Crippen molar-refractivity contribution in [3.63, 3.8) is 0 Å². The molecule has 4 heterocycles. The van der Waals surface area contributed by atoms with E-state index in [9.17, 15) is 41.5 Å². The molecule has 3 aliphatic heterocycles. The summed E-state index contributed by atoms with van der Waals surface area (Å²) in [6, 6.07) is 11.6. The van der Waals surface area contributed by atoms with Gasteiger partial charge in [0.15, 0.2) is 0 Å². The van der Waals surface area contributed by atoms with Gasteiger partial charge >= 0.3 is 12.2 Å². The molecule has 5 atom stereocenters. The first kappa shape index (κ1) is 56.2. The topological polar surface area (TPSA) is 203 Å². The summed E-state index contributed by atoms with van der Waals surface area (Å²) >= 11 is 1.87. The highest BCUT2D eigenvalue weighted by Gasteiger charge is 2.47. The number of para-hydroxylation sites is 1. The second-order valence-electron chi connectivity index (χ2n) is 17.3. The van der Waals surface area contributed by atoms with Crippen molar-refractivity contribution in [2.45, 2.75) is 88.0 Å². The maximum atomic E-state index is 14.5. The second-order valence-corrected chi connectivity index (χ2v) is 18.6. The van der Waals surface area contributed by atoms with Gasteiger partial charge < -0.3 is 45.5 Å². The summed E-state index contributed by atoms with van der Waals surface area (Å²) < 4.78 is 79.2. The number of unbranched alkanes of at least 4 members (excludes halogenated alkanes) is 1. The van der Waals surface area contributed by atoms with Crippen LogP contribution in [0.4, 0.5) is 28.2 Å². The van der Waals surface area contributed by atoms with Crippen LogP contribution in [0, 0.1) is 0 Å². The number of benzene rings is 2. The third-order valence-electron chi connectivity index (χ3n) is 12.3. The molecule has 6 amide bonds. The number of aromatic nitrogens is 2. The molecular formula is C51H64F4N8O9S. The molecule has 0 bridgehead atoms. The number of carbonyl (C=O) groups excluding carboxylic acids is 5. The standard InChI is InChI=1S/C51H64F4N8O9S/c1-4-36(52)19-18-33(3)43-44-38(61-63(37-14-7-6-8-15-37)48(44)62(5-2)49(67)46(43)59-47(66)34-12-11-13-35(30-34)51(53,54)55)31-57-42(65)20-22-69-24-26-71-28-29-72-27-25-70-23-21-56-41(64)17-10-9-16-40-45-39(32-73-40)58-50(68)60-45/h4,6-8,11-15,18-19,30,39-40,43,45-46H,3,5,9-10,16-17,20-29,31-32H2,1-2H3,(H,56,64)(H,57,65)(H,59,66)(H2,58,60,68)/b19-18-,36-4+/t39?,40?,43-,45?,46-/m0/s1. The van der Waals surface area contributed by atoms with Crippen LogP contribution in [0.25, 0.3) is 5.69 Å². The van der Waals surface area contributed by atoms with Crippen LogP contribution in [0.2, 0.25) is 0 Å². The van der Waals surface area contributed by atoms with Gasteiger partial charge in [-0.1, -0.05) is 49.4 Å². The van der Waals surface area contributed by atoms with Crippen molar-refractivity contribution in [3.8, 4) is 5.69 Å². The first-order valence-electron chi connectivity index (χ1n) is 24.4. The lowest BCUT2D eigenvalue weighted by Gasteiger charge is -2.38. The van der Waals surface area contributed by atoms with Gasteiger partial charge in [-0.05, 0) is 68.7 Å². The van der Waals surface area contributed by atoms with Gasteiger partial charge in [0.05, 0.1) is 88.4 Å². The third-order valence-corrected chi connectivity index (χ3v) is 13.8. The molecule has 3 aromatic rings. The Morgan fingerprint density at radius 2 is 1.56 bits per heavy atom. The number of likely N-dealkylation sites (N-methyl/N-ethyl adjacent to an activating group) is 1. The number of fused-ring (bicyclic) bond motifs is 2. The van der Waals surface area contributed by atoms with Crippen molar-refractivity contribution >= 4 is 47.2 Å². The van der Waals surface area contributed by atoms with E-state index in [1.54, 1.807) is 41.9 Å². The van der Waals surface area contributed by atoms with Crippen LogP contribution in [0.3, 0.4) is 0 Å². The molecule has 5 N–H and O–H groups in total. The molecule has 0 saturated carbocycles. The van der Waals surface area contributed by atoms with Gasteiger partial charge in [0.1, 0.15) is 17.7 Å². The number of halogens is 4. The van der Waals surface area contributed by atoms with Crippen LogP contribution < -0.4 is 31.5 Å². The number of alkyl halides is 3. The van der Waals surface area contributed by atoms with Crippen LogP contribution in [-0.4, -0.2) is 135 Å². The van der Waals surface area contributed by atoms with E-state index in [0.29, 0.717) is 80.1 Å². The van der Waals surface area contributed by atoms with Gasteiger partial charge in [-0.2, -0.15) is 30.0 Å². The Kier molecular flexibility index (Phi) is 21.4. The number of amides is 6. The summed E-state index contributed by atoms with van der Waals surface area (Å²) in [6.45, 7) is 9.99. The van der Waals surface area contributed by atoms with E-state index in [0.717, 1.165) is 43.2 Å². The summed E-state index contributed by atoms with van der Waals surface area (Å²) in [6.07, 6.45) is 2.09. The number of allylic oxidation sites excluding steroid dienone is 4. The van der Waals surface area contributed by atoms with Crippen molar-refractivity contribution in [3.05, 3.63) is 113 Å². The number of thioether (sulfide) groups is 1. The van der Waals surface area contributed by atoms with Crippen LogP contribution in [0.5, 0.6) is 0 Å². The van der Waals surface area contributed by atoms with E-state index in [4.69, 9.17) is 24.0 Å². The normalized spacial score (nSPS) is 19.6. The summed E-state index contributed by atoms with van der Waals surface area (Å²) in [4.78, 5) is 66.5. The quantitative estimate of drug-likeness (QED) is 0.0235. The third kappa shape index (κ3) is 16.0. The molecule has 6 rings (SSSR count). The van der Waals surface area contributed by atoms with E-state index >= 15 is 0 Å². The Bertz CT molecular complexity index is 2440. The maximum Gasteiger partial charge on any atom is 0.416 e. The number of carbonyl (C=O) groups is 5. The average Bonchev–Trinajstić information content (AvgIpc) is 4.07. The van der Waals surface area contributed by atoms with E-state index in [2.05, 4.69) is 33.2 Å². The highest BCUT2D eigenvalue weighted by molar-refractivity contribution is 8.00. The molecule has 0 radical (unpaired) electrons. The minimum Gasteiger partial charge on any atom is -0.379 e. The van der Waals surface area contributed by atoms with E-state index in [1.165, 1.54) is 30.0 Å². The minimum atomic E-state index is -4.73. The van der Waals surface area contributed by atoms with Crippen LogP contribution in [0.1, 0.15) is 79.0 Å². The Balaban J connectivity index is 0.931. The average molecular weight is 1040 g/mol. The smallest absolute Gasteiger partial charge is 0.379 e. The zero-order chi connectivity index (χ0) is 52.3. The number of hydrogen-bond donors (Lipinski definition) is 5. The first-order chi connectivity index (χ1) is 35.2. The predicted octanol–water partition coefficient (Wildman–Crippen LogP) is 6.04. The molecular weight excluding hydrogens is 977 g/mol. The Labute approximate surface area is 426 Å². The number of anilines is 1. The van der Waals surface area contributed by atoms with E-state index in [-0.39, 0.29) is 80.4 Å². The summed E-state index contributed by atoms with van der Waals surface area (Å²) in [5, 5.41) is 19.5. The maximum absolute atomic E-state index is 14.5. The van der Waals surface area contributed by atoms with Gasteiger partial charge in [0, 0.05) is 54.0 Å².